The fourth-order valence-electron chi connectivity index (χ4n) is 4.12. The summed E-state index contributed by atoms with van der Waals surface area (Å²) in [6, 6.07) is 10.1. The largest absolute Gasteiger partial charge is 0.370 e. The molecular formula is C21H28N4O4S2. The number of hydrogen-bond acceptors (Lipinski definition) is 6. The summed E-state index contributed by atoms with van der Waals surface area (Å²) in [5.74, 6) is 0.411. The Morgan fingerprint density at radius 3 is 2.39 bits per heavy atom. The number of hydrogen-bond donors (Lipinski definition) is 1. The van der Waals surface area contributed by atoms with E-state index in [0.29, 0.717) is 25.2 Å². The van der Waals surface area contributed by atoms with Gasteiger partial charge in [0.2, 0.25) is 20.0 Å². The Morgan fingerprint density at radius 2 is 1.74 bits per heavy atom. The maximum absolute atomic E-state index is 12.7. The van der Waals surface area contributed by atoms with Gasteiger partial charge in [-0.1, -0.05) is 0 Å². The normalized spacial score (nSPS) is 20.0. The predicted octanol–water partition coefficient (Wildman–Crippen LogP) is 2.21. The Labute approximate surface area is 184 Å². The first kappa shape index (κ1) is 22.0. The average Bonchev–Trinajstić information content (AvgIpc) is 2.79. The lowest BCUT2D eigenvalue weighted by atomic mass is 9.97. The van der Waals surface area contributed by atoms with Crippen LogP contribution < -0.4 is 13.9 Å². The van der Waals surface area contributed by atoms with E-state index in [2.05, 4.69) is 14.6 Å². The molecule has 2 aliphatic rings. The highest BCUT2D eigenvalue weighted by molar-refractivity contribution is 7.92. The summed E-state index contributed by atoms with van der Waals surface area (Å²) in [4.78, 5) is 6.58. The van der Waals surface area contributed by atoms with Gasteiger partial charge in [0.15, 0.2) is 0 Å². The molecule has 10 heteroatoms. The van der Waals surface area contributed by atoms with Crippen LogP contribution in [0.15, 0.2) is 53.7 Å². The number of piperidine rings is 1. The SMILES string of the molecule is O=S(=O)(NCC1CCN(c2cccnc2)CC1)c1ccc(N2CCCCS2(=O)=O)cc1. The lowest BCUT2D eigenvalue weighted by Gasteiger charge is -2.33. The van der Waals surface area contributed by atoms with Gasteiger partial charge in [-0.15, -0.1) is 0 Å². The van der Waals surface area contributed by atoms with Crippen molar-refractivity contribution in [2.45, 2.75) is 30.6 Å². The van der Waals surface area contributed by atoms with E-state index in [9.17, 15) is 16.8 Å². The molecule has 0 amide bonds. The van der Waals surface area contributed by atoms with E-state index in [-0.39, 0.29) is 16.6 Å². The van der Waals surface area contributed by atoms with Crippen molar-refractivity contribution in [3.05, 3.63) is 48.8 Å². The van der Waals surface area contributed by atoms with Crippen molar-refractivity contribution in [2.24, 2.45) is 5.92 Å². The molecule has 2 aliphatic heterocycles. The number of rotatable bonds is 6. The third-order valence-corrected chi connectivity index (χ3v) is 9.28. The van der Waals surface area contributed by atoms with E-state index in [1.807, 2.05) is 18.3 Å². The fraction of sp³-hybridized carbons (Fsp3) is 0.476. The molecular weight excluding hydrogens is 436 g/mol. The van der Waals surface area contributed by atoms with Crippen molar-refractivity contribution in [3.8, 4) is 0 Å². The molecule has 1 aromatic carbocycles. The van der Waals surface area contributed by atoms with Crippen molar-refractivity contribution in [1.82, 2.24) is 9.71 Å². The number of nitrogens with one attached hydrogen (secondary N) is 1. The molecule has 0 unspecified atom stereocenters. The lowest BCUT2D eigenvalue weighted by Crippen LogP contribution is -2.39. The van der Waals surface area contributed by atoms with E-state index in [0.717, 1.165) is 38.0 Å². The van der Waals surface area contributed by atoms with Crippen molar-refractivity contribution >= 4 is 31.4 Å². The minimum atomic E-state index is -3.64. The van der Waals surface area contributed by atoms with Crippen LogP contribution in [0, 0.1) is 5.92 Å². The number of anilines is 2. The molecule has 0 spiro atoms. The number of nitrogens with zero attached hydrogens (tertiary/aromatic N) is 3. The van der Waals surface area contributed by atoms with Gasteiger partial charge >= 0.3 is 0 Å². The maximum Gasteiger partial charge on any atom is 0.240 e. The first-order chi connectivity index (χ1) is 14.9. The molecule has 2 aromatic rings. The van der Waals surface area contributed by atoms with Gasteiger partial charge in [0, 0.05) is 32.4 Å². The monoisotopic (exact) mass is 464 g/mol. The van der Waals surface area contributed by atoms with Gasteiger partial charge in [-0.25, -0.2) is 21.6 Å². The molecule has 0 saturated carbocycles. The summed E-state index contributed by atoms with van der Waals surface area (Å²) in [7, 11) is -6.96. The van der Waals surface area contributed by atoms with Gasteiger partial charge in [0.25, 0.3) is 0 Å². The second-order valence-electron chi connectivity index (χ2n) is 8.08. The third-order valence-electron chi connectivity index (χ3n) is 5.97. The van der Waals surface area contributed by atoms with Crippen LogP contribution in [0.5, 0.6) is 0 Å². The minimum absolute atomic E-state index is 0.133. The van der Waals surface area contributed by atoms with Crippen LogP contribution >= 0.6 is 0 Å². The van der Waals surface area contributed by atoms with Crippen LogP contribution in [0.4, 0.5) is 11.4 Å². The van der Waals surface area contributed by atoms with Crippen molar-refractivity contribution in [2.75, 3.05) is 41.1 Å². The molecule has 2 fully saturated rings. The average molecular weight is 465 g/mol. The van der Waals surface area contributed by atoms with Crippen LogP contribution in [0.1, 0.15) is 25.7 Å². The minimum Gasteiger partial charge on any atom is -0.370 e. The Kier molecular flexibility index (Phi) is 6.49. The maximum atomic E-state index is 12.7. The molecule has 31 heavy (non-hydrogen) atoms. The van der Waals surface area contributed by atoms with Crippen LogP contribution in [-0.2, 0) is 20.0 Å². The van der Waals surface area contributed by atoms with Crippen LogP contribution in [0.2, 0.25) is 0 Å². The smallest absolute Gasteiger partial charge is 0.240 e. The number of benzene rings is 1. The second kappa shape index (κ2) is 9.13. The summed E-state index contributed by atoms with van der Waals surface area (Å²) in [6.07, 6.45) is 6.88. The van der Waals surface area contributed by atoms with E-state index >= 15 is 0 Å². The molecule has 1 aromatic heterocycles. The van der Waals surface area contributed by atoms with Crippen molar-refractivity contribution in [3.63, 3.8) is 0 Å². The van der Waals surface area contributed by atoms with Gasteiger partial charge in [0.05, 0.1) is 28.2 Å². The molecule has 3 heterocycles. The lowest BCUT2D eigenvalue weighted by molar-refractivity contribution is 0.402. The standard InChI is InChI=1S/C21H28N4O4S2/c26-30(27)15-2-1-12-25(30)19-5-7-21(8-6-19)31(28,29)23-16-18-9-13-24(14-10-18)20-4-3-11-22-17-20/h3-8,11,17-18,23H,1-2,9-10,12-16H2. The zero-order valence-electron chi connectivity index (χ0n) is 17.4. The van der Waals surface area contributed by atoms with Gasteiger partial charge in [0.1, 0.15) is 0 Å². The highest BCUT2D eigenvalue weighted by Crippen LogP contribution is 2.26. The predicted molar refractivity (Wildman–Crippen MR) is 121 cm³/mol. The molecule has 0 bridgehead atoms. The van der Waals surface area contributed by atoms with Gasteiger partial charge < -0.3 is 4.90 Å². The first-order valence-electron chi connectivity index (χ1n) is 10.6. The quantitative estimate of drug-likeness (QED) is 0.704. The zero-order valence-corrected chi connectivity index (χ0v) is 19.0. The third kappa shape index (κ3) is 5.19. The zero-order chi connectivity index (χ0) is 21.9. The molecule has 0 aliphatic carbocycles. The molecule has 1 N–H and O–H groups in total. The number of pyridine rings is 1. The summed E-state index contributed by atoms with van der Waals surface area (Å²) in [5, 5.41) is 0. The van der Waals surface area contributed by atoms with Gasteiger partial charge in [-0.05, 0) is 68.0 Å². The highest BCUT2D eigenvalue weighted by Gasteiger charge is 2.27. The van der Waals surface area contributed by atoms with Crippen molar-refractivity contribution in [1.29, 1.82) is 0 Å². The summed E-state index contributed by atoms with van der Waals surface area (Å²) < 4.78 is 54.0. The Bertz CT molecular complexity index is 1080. The summed E-state index contributed by atoms with van der Waals surface area (Å²) in [6.45, 7) is 2.57. The van der Waals surface area contributed by atoms with Gasteiger partial charge in [-0.2, -0.15) is 0 Å². The topological polar surface area (TPSA) is 99.7 Å². The van der Waals surface area contributed by atoms with E-state index in [4.69, 9.17) is 0 Å². The Morgan fingerprint density at radius 1 is 1.00 bits per heavy atom. The van der Waals surface area contributed by atoms with Crippen LogP contribution in [0.25, 0.3) is 0 Å². The number of sulfonamides is 2. The molecule has 8 nitrogen and oxygen atoms in total. The Hall–Kier alpha value is -2.17. The van der Waals surface area contributed by atoms with Crippen LogP contribution in [0.3, 0.4) is 0 Å². The van der Waals surface area contributed by atoms with Crippen LogP contribution in [-0.4, -0.2) is 53.8 Å². The summed E-state index contributed by atoms with van der Waals surface area (Å²) >= 11 is 0. The van der Waals surface area contributed by atoms with E-state index in [1.165, 1.54) is 16.4 Å². The molecule has 168 valence electrons. The molecule has 0 atom stereocenters. The van der Waals surface area contributed by atoms with Crippen molar-refractivity contribution < 1.29 is 16.8 Å². The fourth-order valence-corrected chi connectivity index (χ4v) is 6.87. The Balaban J connectivity index is 1.33. The van der Waals surface area contributed by atoms with Gasteiger partial charge in [-0.3, -0.25) is 9.29 Å². The van der Waals surface area contributed by atoms with E-state index < -0.39 is 20.0 Å². The highest BCUT2D eigenvalue weighted by atomic mass is 32.2. The molecule has 2 saturated heterocycles. The van der Waals surface area contributed by atoms with E-state index in [1.54, 1.807) is 18.3 Å². The molecule has 4 rings (SSSR count). The number of aromatic nitrogens is 1. The first-order valence-corrected chi connectivity index (χ1v) is 13.7. The summed E-state index contributed by atoms with van der Waals surface area (Å²) in [5.41, 5.74) is 1.61. The second-order valence-corrected chi connectivity index (χ2v) is 11.9. The molecule has 0 radical (unpaired) electrons.